The summed E-state index contributed by atoms with van der Waals surface area (Å²) in [5.41, 5.74) is -3.49. The van der Waals surface area contributed by atoms with Crippen molar-refractivity contribution < 1.29 is 14.4 Å². The number of imide groups is 1. The van der Waals surface area contributed by atoms with E-state index < -0.39 is 34.3 Å². The SMILES string of the molecule is N#C[C@@]12C(=O)NC(=O)[C@@]1(C#N)C2C(=O)c1ccccc1. The predicted octanol–water partition coefficient (Wildman–Crippen LogP) is 0.175. The zero-order chi connectivity index (χ0) is 14.5. The molecule has 20 heavy (non-hydrogen) atoms. The average molecular weight is 265 g/mol. The maximum absolute atomic E-state index is 12.4. The molecule has 6 heteroatoms. The monoisotopic (exact) mass is 265 g/mol. The van der Waals surface area contributed by atoms with Gasteiger partial charge in [0.1, 0.15) is 0 Å². The van der Waals surface area contributed by atoms with E-state index in [4.69, 9.17) is 0 Å². The summed E-state index contributed by atoms with van der Waals surface area (Å²) < 4.78 is 0. The third-order valence-electron chi connectivity index (χ3n) is 4.02. The van der Waals surface area contributed by atoms with Gasteiger partial charge in [0.25, 0.3) is 0 Å². The number of carbonyl (C=O) groups is 3. The normalized spacial score (nSPS) is 33.6. The molecule has 1 saturated heterocycles. The van der Waals surface area contributed by atoms with Gasteiger partial charge in [-0.1, -0.05) is 30.3 Å². The Kier molecular flexibility index (Phi) is 2.12. The first kappa shape index (κ1) is 12.1. The van der Waals surface area contributed by atoms with Gasteiger partial charge in [-0.05, 0) is 0 Å². The van der Waals surface area contributed by atoms with E-state index in [2.05, 4.69) is 0 Å². The number of nitriles is 2. The molecule has 1 aliphatic heterocycles. The first-order valence-corrected chi connectivity index (χ1v) is 5.84. The maximum atomic E-state index is 12.4. The number of fused-ring (bicyclic) bond motifs is 1. The van der Waals surface area contributed by atoms with Crippen LogP contribution in [0.3, 0.4) is 0 Å². The van der Waals surface area contributed by atoms with Gasteiger partial charge in [-0.2, -0.15) is 10.5 Å². The van der Waals surface area contributed by atoms with Crippen molar-refractivity contribution in [2.75, 3.05) is 0 Å². The van der Waals surface area contributed by atoms with Crippen molar-refractivity contribution in [3.8, 4) is 12.1 Å². The van der Waals surface area contributed by atoms with Gasteiger partial charge in [0.2, 0.25) is 11.8 Å². The Morgan fingerprint density at radius 2 is 1.55 bits per heavy atom. The van der Waals surface area contributed by atoms with Crippen LogP contribution in [0.2, 0.25) is 0 Å². The van der Waals surface area contributed by atoms with Gasteiger partial charge in [-0.3, -0.25) is 19.7 Å². The molecule has 2 atom stereocenters. The van der Waals surface area contributed by atoms with E-state index in [1.807, 2.05) is 5.32 Å². The minimum Gasteiger partial charge on any atom is -0.294 e. The van der Waals surface area contributed by atoms with Crippen molar-refractivity contribution in [2.24, 2.45) is 16.7 Å². The fraction of sp³-hybridized carbons (Fsp3) is 0.214. The Morgan fingerprint density at radius 1 is 1.05 bits per heavy atom. The molecule has 1 saturated carbocycles. The number of hydrogen-bond acceptors (Lipinski definition) is 5. The minimum absolute atomic E-state index is 0.275. The summed E-state index contributed by atoms with van der Waals surface area (Å²) in [4.78, 5) is 36.1. The Hall–Kier alpha value is -2.99. The lowest BCUT2D eigenvalue weighted by Crippen LogP contribution is -2.34. The molecule has 0 bridgehead atoms. The molecule has 3 rings (SSSR count). The average Bonchev–Trinajstić information content (AvgIpc) is 3.05. The smallest absolute Gasteiger partial charge is 0.250 e. The lowest BCUT2D eigenvalue weighted by atomic mass is 9.98. The molecule has 1 aromatic rings. The maximum Gasteiger partial charge on any atom is 0.250 e. The van der Waals surface area contributed by atoms with Crippen molar-refractivity contribution >= 4 is 17.6 Å². The number of nitrogens with one attached hydrogen (secondary N) is 1. The molecular weight excluding hydrogens is 258 g/mol. The lowest BCUT2D eigenvalue weighted by Gasteiger charge is -2.06. The number of rotatable bonds is 2. The number of benzene rings is 1. The van der Waals surface area contributed by atoms with Crippen molar-refractivity contribution in [1.29, 1.82) is 10.5 Å². The van der Waals surface area contributed by atoms with Gasteiger partial charge in [0.15, 0.2) is 16.6 Å². The first-order valence-electron chi connectivity index (χ1n) is 5.84. The highest BCUT2D eigenvalue weighted by Gasteiger charge is 2.92. The van der Waals surface area contributed by atoms with Crippen molar-refractivity contribution in [3.63, 3.8) is 0 Å². The fourth-order valence-electron chi connectivity index (χ4n) is 2.96. The van der Waals surface area contributed by atoms with Crippen LogP contribution < -0.4 is 5.32 Å². The number of Topliss-reactive ketones (excluding diaryl/α,β-unsaturated/α-hetero) is 1. The lowest BCUT2D eigenvalue weighted by molar-refractivity contribution is -0.129. The second-order valence-corrected chi connectivity index (χ2v) is 4.79. The first-order chi connectivity index (χ1) is 9.56. The summed E-state index contributed by atoms with van der Waals surface area (Å²) in [6.45, 7) is 0. The van der Waals surface area contributed by atoms with E-state index in [1.54, 1.807) is 30.3 Å². The van der Waals surface area contributed by atoms with Crippen molar-refractivity contribution in [1.82, 2.24) is 5.32 Å². The molecule has 0 aromatic heterocycles. The molecule has 1 N–H and O–H groups in total. The van der Waals surface area contributed by atoms with Gasteiger partial charge in [-0.25, -0.2) is 0 Å². The minimum atomic E-state index is -1.88. The van der Waals surface area contributed by atoms with Crippen LogP contribution in [0.4, 0.5) is 0 Å². The zero-order valence-corrected chi connectivity index (χ0v) is 10.1. The van der Waals surface area contributed by atoms with Crippen molar-refractivity contribution in [3.05, 3.63) is 35.9 Å². The molecule has 2 aliphatic rings. The van der Waals surface area contributed by atoms with E-state index in [0.29, 0.717) is 0 Å². The van der Waals surface area contributed by atoms with E-state index in [-0.39, 0.29) is 5.56 Å². The second kappa shape index (κ2) is 3.52. The van der Waals surface area contributed by atoms with Gasteiger partial charge in [-0.15, -0.1) is 0 Å². The number of carbonyl (C=O) groups excluding carboxylic acids is 3. The molecule has 0 spiro atoms. The van der Waals surface area contributed by atoms with Crippen LogP contribution in [0.25, 0.3) is 0 Å². The standard InChI is InChI=1S/C14H7N3O3/c15-6-13-10(9(18)8-4-2-1-3-5-8)14(13,7-16)12(20)17-11(13)19/h1-5,10H,(H,17,19,20)/t13-,14-/m1/s1. The van der Waals surface area contributed by atoms with Gasteiger partial charge in [0.05, 0.1) is 18.1 Å². The Morgan fingerprint density at radius 3 is 2.00 bits per heavy atom. The molecule has 1 aliphatic carbocycles. The molecule has 2 fully saturated rings. The Bertz CT molecular complexity index is 705. The van der Waals surface area contributed by atoms with E-state index in [0.717, 1.165) is 0 Å². The highest BCUT2D eigenvalue weighted by molar-refractivity contribution is 6.24. The van der Waals surface area contributed by atoms with E-state index >= 15 is 0 Å². The molecule has 6 nitrogen and oxygen atoms in total. The molecule has 2 amide bonds. The number of ketones is 1. The third kappa shape index (κ3) is 1.01. The summed E-state index contributed by atoms with van der Waals surface area (Å²) in [5, 5.41) is 20.5. The molecule has 1 aromatic carbocycles. The largest absolute Gasteiger partial charge is 0.294 e. The topological polar surface area (TPSA) is 111 Å². The van der Waals surface area contributed by atoms with Crippen LogP contribution in [0, 0.1) is 39.4 Å². The Labute approximate surface area is 113 Å². The van der Waals surface area contributed by atoms with Crippen LogP contribution >= 0.6 is 0 Å². The second-order valence-electron chi connectivity index (χ2n) is 4.79. The Balaban J connectivity index is 2.12. The number of piperidine rings is 1. The predicted molar refractivity (Wildman–Crippen MR) is 63.5 cm³/mol. The van der Waals surface area contributed by atoms with Crippen LogP contribution in [0.5, 0.6) is 0 Å². The quantitative estimate of drug-likeness (QED) is 0.605. The number of amides is 2. The molecule has 1 heterocycles. The highest BCUT2D eigenvalue weighted by Crippen LogP contribution is 2.72. The molecule has 0 radical (unpaired) electrons. The summed E-state index contributed by atoms with van der Waals surface area (Å²) in [7, 11) is 0. The van der Waals surface area contributed by atoms with Crippen LogP contribution in [0.1, 0.15) is 10.4 Å². The molecule has 96 valence electrons. The molecule has 0 unspecified atom stereocenters. The van der Waals surface area contributed by atoms with Gasteiger partial charge >= 0.3 is 0 Å². The van der Waals surface area contributed by atoms with Crippen molar-refractivity contribution in [2.45, 2.75) is 0 Å². The summed E-state index contributed by atoms with van der Waals surface area (Å²) in [6, 6.07) is 11.4. The number of hydrogen-bond donors (Lipinski definition) is 1. The highest BCUT2D eigenvalue weighted by atomic mass is 16.2. The van der Waals surface area contributed by atoms with Gasteiger partial charge < -0.3 is 0 Å². The number of nitrogens with zero attached hydrogens (tertiary/aromatic N) is 2. The molecular formula is C14H7N3O3. The van der Waals surface area contributed by atoms with E-state index in [9.17, 15) is 24.9 Å². The van der Waals surface area contributed by atoms with Gasteiger partial charge in [0, 0.05) is 5.56 Å². The van der Waals surface area contributed by atoms with Crippen LogP contribution in [0.15, 0.2) is 30.3 Å². The summed E-state index contributed by atoms with van der Waals surface area (Å²) in [5.74, 6) is -3.48. The summed E-state index contributed by atoms with van der Waals surface area (Å²) in [6.07, 6.45) is 0. The van der Waals surface area contributed by atoms with Crippen LogP contribution in [-0.2, 0) is 9.59 Å². The fourth-order valence-corrected chi connectivity index (χ4v) is 2.96. The summed E-state index contributed by atoms with van der Waals surface area (Å²) >= 11 is 0. The third-order valence-corrected chi connectivity index (χ3v) is 4.02. The van der Waals surface area contributed by atoms with Crippen LogP contribution in [-0.4, -0.2) is 17.6 Å². The van der Waals surface area contributed by atoms with E-state index in [1.165, 1.54) is 12.1 Å². The zero-order valence-electron chi connectivity index (χ0n) is 10.1.